The van der Waals surface area contributed by atoms with Gasteiger partial charge in [0.25, 0.3) is 0 Å². The zero-order valence-electron chi connectivity index (χ0n) is 11.0. The standard InChI is InChI=1S/C13H26N2S/c1-11(16-3)9-15-8-4-7-14-13(2,10-15)12-5-6-12/h11-12,14H,4-10H2,1-3H3. The van der Waals surface area contributed by atoms with Crippen LogP contribution in [0.3, 0.4) is 0 Å². The highest BCUT2D eigenvalue weighted by Crippen LogP contribution is 2.40. The Bertz CT molecular complexity index is 230. The van der Waals surface area contributed by atoms with Gasteiger partial charge < -0.3 is 10.2 Å². The van der Waals surface area contributed by atoms with Gasteiger partial charge in [-0.05, 0) is 51.4 Å². The molecule has 1 heterocycles. The summed E-state index contributed by atoms with van der Waals surface area (Å²) in [6.07, 6.45) is 6.41. The van der Waals surface area contributed by atoms with Crippen LogP contribution in [0.25, 0.3) is 0 Å². The number of thioether (sulfide) groups is 1. The van der Waals surface area contributed by atoms with Crippen molar-refractivity contribution in [2.45, 2.75) is 43.9 Å². The third-order valence-electron chi connectivity index (χ3n) is 4.13. The molecule has 1 aliphatic carbocycles. The quantitative estimate of drug-likeness (QED) is 0.814. The van der Waals surface area contributed by atoms with Crippen LogP contribution in [0.1, 0.15) is 33.1 Å². The van der Waals surface area contributed by atoms with E-state index in [2.05, 4.69) is 30.3 Å². The Kier molecular flexibility index (Phi) is 4.20. The third-order valence-corrected chi connectivity index (χ3v) is 5.08. The smallest absolute Gasteiger partial charge is 0.0308 e. The van der Waals surface area contributed by atoms with Crippen molar-refractivity contribution >= 4 is 11.8 Å². The van der Waals surface area contributed by atoms with E-state index in [1.165, 1.54) is 45.4 Å². The van der Waals surface area contributed by atoms with Crippen molar-refractivity contribution < 1.29 is 0 Å². The molecule has 2 fully saturated rings. The Labute approximate surface area is 105 Å². The van der Waals surface area contributed by atoms with Gasteiger partial charge in [-0.1, -0.05) is 6.92 Å². The topological polar surface area (TPSA) is 15.3 Å². The minimum absolute atomic E-state index is 0.397. The van der Waals surface area contributed by atoms with Gasteiger partial charge in [0.2, 0.25) is 0 Å². The van der Waals surface area contributed by atoms with E-state index in [0.717, 1.165) is 11.2 Å². The van der Waals surface area contributed by atoms with Crippen LogP contribution in [-0.4, -0.2) is 48.1 Å². The lowest BCUT2D eigenvalue weighted by atomic mass is 9.95. The van der Waals surface area contributed by atoms with E-state index in [0.29, 0.717) is 5.54 Å². The molecular formula is C13H26N2S. The summed E-state index contributed by atoms with van der Waals surface area (Å²) in [7, 11) is 0. The molecule has 0 aromatic carbocycles. The number of hydrogen-bond donors (Lipinski definition) is 1. The predicted molar refractivity (Wildman–Crippen MR) is 73.2 cm³/mol. The first-order chi connectivity index (χ1) is 7.64. The average molecular weight is 242 g/mol. The van der Waals surface area contributed by atoms with E-state index < -0.39 is 0 Å². The summed E-state index contributed by atoms with van der Waals surface area (Å²) in [4.78, 5) is 2.68. The highest BCUT2D eigenvalue weighted by molar-refractivity contribution is 7.99. The van der Waals surface area contributed by atoms with Gasteiger partial charge in [-0.15, -0.1) is 0 Å². The number of rotatable bonds is 4. The molecule has 1 N–H and O–H groups in total. The van der Waals surface area contributed by atoms with Crippen molar-refractivity contribution in [3.05, 3.63) is 0 Å². The number of hydrogen-bond acceptors (Lipinski definition) is 3. The summed E-state index contributed by atoms with van der Waals surface area (Å²) in [5.74, 6) is 0.942. The van der Waals surface area contributed by atoms with Gasteiger partial charge in [-0.3, -0.25) is 0 Å². The molecule has 2 unspecified atom stereocenters. The molecule has 2 nitrogen and oxygen atoms in total. The van der Waals surface area contributed by atoms with Gasteiger partial charge in [0.05, 0.1) is 0 Å². The Morgan fingerprint density at radius 1 is 1.50 bits per heavy atom. The molecule has 0 amide bonds. The van der Waals surface area contributed by atoms with Crippen LogP contribution in [0.5, 0.6) is 0 Å². The maximum atomic E-state index is 3.79. The first-order valence-electron chi connectivity index (χ1n) is 6.64. The van der Waals surface area contributed by atoms with Crippen molar-refractivity contribution in [1.29, 1.82) is 0 Å². The summed E-state index contributed by atoms with van der Waals surface area (Å²) in [6.45, 7) is 9.77. The van der Waals surface area contributed by atoms with Gasteiger partial charge in [0.15, 0.2) is 0 Å². The second-order valence-corrected chi connectivity index (χ2v) is 7.03. The first-order valence-corrected chi connectivity index (χ1v) is 7.93. The van der Waals surface area contributed by atoms with E-state index >= 15 is 0 Å². The summed E-state index contributed by atoms with van der Waals surface area (Å²) >= 11 is 1.99. The molecule has 94 valence electrons. The summed E-state index contributed by atoms with van der Waals surface area (Å²) in [5.41, 5.74) is 0.397. The predicted octanol–water partition coefficient (Wildman–Crippen LogP) is 2.20. The molecule has 2 atom stereocenters. The first kappa shape index (κ1) is 12.7. The molecular weight excluding hydrogens is 216 g/mol. The monoisotopic (exact) mass is 242 g/mol. The van der Waals surface area contributed by atoms with Gasteiger partial charge in [-0.2, -0.15) is 11.8 Å². The largest absolute Gasteiger partial charge is 0.310 e. The molecule has 3 heteroatoms. The Morgan fingerprint density at radius 3 is 2.88 bits per heavy atom. The van der Waals surface area contributed by atoms with Crippen LogP contribution in [0.15, 0.2) is 0 Å². The lowest BCUT2D eigenvalue weighted by Gasteiger charge is -2.34. The molecule has 1 saturated carbocycles. The van der Waals surface area contributed by atoms with E-state index in [1.807, 2.05) is 11.8 Å². The average Bonchev–Trinajstić information content (AvgIpc) is 3.05. The third kappa shape index (κ3) is 3.14. The van der Waals surface area contributed by atoms with Gasteiger partial charge in [0.1, 0.15) is 0 Å². The highest BCUT2D eigenvalue weighted by Gasteiger charge is 2.42. The molecule has 2 rings (SSSR count). The summed E-state index contributed by atoms with van der Waals surface area (Å²) in [5, 5.41) is 4.56. The van der Waals surface area contributed by atoms with Crippen molar-refractivity contribution in [2.75, 3.05) is 32.4 Å². The number of nitrogens with one attached hydrogen (secondary N) is 1. The fourth-order valence-corrected chi connectivity index (χ4v) is 3.22. The molecule has 0 radical (unpaired) electrons. The SMILES string of the molecule is CSC(C)CN1CCCNC(C)(C2CC2)C1. The number of nitrogens with zero attached hydrogens (tertiary/aromatic N) is 1. The molecule has 0 aromatic heterocycles. The lowest BCUT2D eigenvalue weighted by Crippen LogP contribution is -2.51. The Morgan fingerprint density at radius 2 is 2.25 bits per heavy atom. The second kappa shape index (κ2) is 5.28. The van der Waals surface area contributed by atoms with Crippen LogP contribution < -0.4 is 5.32 Å². The minimum atomic E-state index is 0.397. The van der Waals surface area contributed by atoms with Crippen molar-refractivity contribution in [2.24, 2.45) is 5.92 Å². The van der Waals surface area contributed by atoms with Crippen molar-refractivity contribution in [3.63, 3.8) is 0 Å². The second-order valence-electron chi connectivity index (χ2n) is 5.75. The summed E-state index contributed by atoms with van der Waals surface area (Å²) < 4.78 is 0. The van der Waals surface area contributed by atoms with Crippen LogP contribution in [-0.2, 0) is 0 Å². The molecule has 0 aromatic rings. The van der Waals surface area contributed by atoms with Crippen LogP contribution in [0.2, 0.25) is 0 Å². The fourth-order valence-electron chi connectivity index (χ4n) is 2.86. The fraction of sp³-hybridized carbons (Fsp3) is 1.00. The maximum absolute atomic E-state index is 3.79. The van der Waals surface area contributed by atoms with Crippen LogP contribution in [0.4, 0.5) is 0 Å². The zero-order valence-corrected chi connectivity index (χ0v) is 11.8. The van der Waals surface area contributed by atoms with Crippen molar-refractivity contribution in [1.82, 2.24) is 10.2 Å². The molecule has 0 bridgehead atoms. The van der Waals surface area contributed by atoms with Crippen LogP contribution >= 0.6 is 11.8 Å². The molecule has 1 saturated heterocycles. The van der Waals surface area contributed by atoms with E-state index in [1.54, 1.807) is 0 Å². The van der Waals surface area contributed by atoms with E-state index in [9.17, 15) is 0 Å². The van der Waals surface area contributed by atoms with Crippen LogP contribution in [0, 0.1) is 5.92 Å². The van der Waals surface area contributed by atoms with Gasteiger partial charge in [0, 0.05) is 23.9 Å². The van der Waals surface area contributed by atoms with E-state index in [-0.39, 0.29) is 0 Å². The van der Waals surface area contributed by atoms with Crippen molar-refractivity contribution in [3.8, 4) is 0 Å². The van der Waals surface area contributed by atoms with Gasteiger partial charge in [-0.25, -0.2) is 0 Å². The molecule has 2 aliphatic rings. The minimum Gasteiger partial charge on any atom is -0.310 e. The highest BCUT2D eigenvalue weighted by atomic mass is 32.2. The molecule has 1 aliphatic heterocycles. The molecule has 0 spiro atoms. The summed E-state index contributed by atoms with van der Waals surface area (Å²) in [6, 6.07) is 0. The zero-order chi connectivity index (χ0) is 11.6. The maximum Gasteiger partial charge on any atom is 0.0308 e. The normalized spacial score (nSPS) is 34.7. The Hall–Kier alpha value is 0.270. The van der Waals surface area contributed by atoms with E-state index in [4.69, 9.17) is 0 Å². The van der Waals surface area contributed by atoms with Gasteiger partial charge >= 0.3 is 0 Å². The molecule has 16 heavy (non-hydrogen) atoms. The Balaban J connectivity index is 1.92. The lowest BCUT2D eigenvalue weighted by molar-refractivity contribution is 0.203.